The number of benzene rings is 1. The molecule has 1 aromatic heterocycles. The van der Waals surface area contributed by atoms with Gasteiger partial charge in [-0.05, 0) is 40.1 Å². The number of amides is 4. The van der Waals surface area contributed by atoms with Crippen molar-refractivity contribution >= 4 is 63.0 Å². The first kappa shape index (κ1) is 29.3. The number of carboxylic acid groups (broad SMARTS) is 1. The lowest BCUT2D eigenvalue weighted by atomic mass is 9.99. The van der Waals surface area contributed by atoms with Crippen LogP contribution in [0.2, 0.25) is 0 Å². The molecule has 3 unspecified atom stereocenters. The number of β-lactam (4-membered cyclic amide) rings is 1. The molecule has 4 atom stereocenters. The molecule has 2 aromatic rings. The Kier molecular flexibility index (Phi) is 8.63. The highest BCUT2D eigenvalue weighted by Crippen LogP contribution is 2.44. The third kappa shape index (κ3) is 6.53. The third-order valence-corrected chi connectivity index (χ3v) is 9.26. The molecule has 0 spiro atoms. The first-order chi connectivity index (χ1) is 18.9. The molecule has 2 aliphatic rings. The van der Waals surface area contributed by atoms with Crippen LogP contribution >= 0.6 is 23.5 Å². The zero-order valence-electron chi connectivity index (χ0n) is 20.4. The van der Waals surface area contributed by atoms with Crippen molar-refractivity contribution in [3.63, 3.8) is 0 Å². The number of carbonyl (C=O) groups is 4. The zero-order chi connectivity index (χ0) is 29.2. The van der Waals surface area contributed by atoms with Crippen LogP contribution in [0.5, 0.6) is 0 Å². The molecule has 4 rings (SSSR count). The molecule has 1 aromatic carbocycles. The second kappa shape index (κ2) is 11.8. The van der Waals surface area contributed by atoms with Crippen LogP contribution in [0.1, 0.15) is 18.0 Å². The number of rotatable bonds is 11. The summed E-state index contributed by atoms with van der Waals surface area (Å²) >= 11 is 2.21. The fourth-order valence-corrected chi connectivity index (χ4v) is 7.37. The Hall–Kier alpha value is -3.72. The number of aromatic nitrogens is 4. The third-order valence-electron chi connectivity index (χ3n) is 5.95. The minimum absolute atomic E-state index is 0.0632. The molecule has 0 saturated carbocycles. The number of carbonyl (C=O) groups excluding carboxylic acids is 3. The maximum absolute atomic E-state index is 13.1. The molecule has 0 radical (unpaired) electrons. The number of thioether (sulfide) groups is 2. The highest BCUT2D eigenvalue weighted by molar-refractivity contribution is 8.01. The number of nitrogens with one attached hydrogen (secondary N) is 3. The quantitative estimate of drug-likeness (QED) is 0.110. The van der Waals surface area contributed by atoms with Crippen LogP contribution in [-0.4, -0.2) is 91.0 Å². The Labute approximate surface area is 235 Å². The summed E-state index contributed by atoms with van der Waals surface area (Å²) in [4.78, 5) is 50.3. The fourth-order valence-electron chi connectivity index (χ4n) is 4.11. The standard InChI is InChI=1S/C20H24N10O7S3/c21-12(8-1-3-9(4-2-8)24-19(22)35)15(31)25-13-16(32)30-14(18(33)34)10(7-38-17(13)30)11(5-6-40(23,36)37)39-20-26-28-29-27-20/h1-4,11-13,17H,5-7,21H2,(H,25,31)(H,33,34)(H3,22,24,35)(H2,23,36,37)(H,26,27,28,29)/t11?,12?,13?,17-/m0/s1. The maximum Gasteiger partial charge on any atom is 0.352 e. The van der Waals surface area contributed by atoms with E-state index in [2.05, 4.69) is 31.3 Å². The van der Waals surface area contributed by atoms with Gasteiger partial charge in [-0.25, -0.2) is 28.2 Å². The van der Waals surface area contributed by atoms with Crippen molar-refractivity contribution < 1.29 is 32.7 Å². The number of primary sulfonamides is 1. The monoisotopic (exact) mass is 612 g/mol. The number of hydrogen-bond donors (Lipinski definition) is 7. The lowest BCUT2D eigenvalue weighted by Gasteiger charge is -2.50. The summed E-state index contributed by atoms with van der Waals surface area (Å²) in [5.41, 5.74) is 11.9. The molecule has 1 fully saturated rings. The molecule has 17 nitrogen and oxygen atoms in total. The van der Waals surface area contributed by atoms with E-state index in [1.807, 2.05) is 0 Å². The van der Waals surface area contributed by atoms with Gasteiger partial charge in [-0.1, -0.05) is 23.9 Å². The van der Waals surface area contributed by atoms with Crippen LogP contribution < -0.4 is 27.2 Å². The van der Waals surface area contributed by atoms with Gasteiger partial charge in [0, 0.05) is 16.7 Å². The summed E-state index contributed by atoms with van der Waals surface area (Å²) in [7, 11) is -3.87. The lowest BCUT2D eigenvalue weighted by molar-refractivity contribution is -0.150. The lowest BCUT2D eigenvalue weighted by Crippen LogP contribution is -2.71. The molecule has 40 heavy (non-hydrogen) atoms. The Balaban J connectivity index is 1.51. The summed E-state index contributed by atoms with van der Waals surface area (Å²) in [6.45, 7) is 0. The van der Waals surface area contributed by atoms with Gasteiger partial charge < -0.3 is 27.2 Å². The normalized spacial score (nSPS) is 20.2. The highest BCUT2D eigenvalue weighted by Gasteiger charge is 2.55. The first-order valence-corrected chi connectivity index (χ1v) is 15.0. The van der Waals surface area contributed by atoms with Crippen molar-refractivity contribution in [1.29, 1.82) is 0 Å². The largest absolute Gasteiger partial charge is 0.477 e. The number of aromatic amines is 1. The van der Waals surface area contributed by atoms with E-state index in [-0.39, 0.29) is 23.0 Å². The molecule has 10 N–H and O–H groups in total. The summed E-state index contributed by atoms with van der Waals surface area (Å²) in [5, 5.41) is 32.1. The number of tetrazole rings is 1. The van der Waals surface area contributed by atoms with E-state index in [4.69, 9.17) is 16.6 Å². The van der Waals surface area contributed by atoms with Crippen LogP contribution in [0, 0.1) is 0 Å². The summed E-state index contributed by atoms with van der Waals surface area (Å²) in [5.74, 6) is -3.05. The van der Waals surface area contributed by atoms with Crippen LogP contribution in [0.25, 0.3) is 0 Å². The van der Waals surface area contributed by atoms with E-state index < -0.39 is 62.3 Å². The van der Waals surface area contributed by atoms with E-state index in [9.17, 15) is 32.7 Å². The van der Waals surface area contributed by atoms with Gasteiger partial charge in [-0.2, -0.15) is 0 Å². The first-order valence-electron chi connectivity index (χ1n) is 11.4. The zero-order valence-corrected chi connectivity index (χ0v) is 22.8. The topological polar surface area (TPSA) is 282 Å². The molecule has 3 heterocycles. The van der Waals surface area contributed by atoms with Crippen molar-refractivity contribution in [3.05, 3.63) is 41.1 Å². The number of carboxylic acids is 1. The van der Waals surface area contributed by atoms with Gasteiger partial charge in [0.15, 0.2) is 0 Å². The maximum atomic E-state index is 13.1. The smallest absolute Gasteiger partial charge is 0.352 e. The van der Waals surface area contributed by atoms with Crippen LogP contribution in [0.4, 0.5) is 10.5 Å². The number of primary amides is 1. The predicted octanol–water partition coefficient (Wildman–Crippen LogP) is -1.73. The number of nitrogens with zero attached hydrogens (tertiary/aromatic N) is 4. The van der Waals surface area contributed by atoms with Crippen LogP contribution in [0.15, 0.2) is 40.7 Å². The highest BCUT2D eigenvalue weighted by atomic mass is 32.2. The Morgan fingerprint density at radius 2 is 1.98 bits per heavy atom. The van der Waals surface area contributed by atoms with Gasteiger partial charge in [0.05, 0.1) is 5.75 Å². The molecular weight excluding hydrogens is 588 g/mol. The van der Waals surface area contributed by atoms with Crippen molar-refractivity contribution in [1.82, 2.24) is 30.8 Å². The second-order valence-electron chi connectivity index (χ2n) is 8.63. The Bertz CT molecular complexity index is 1450. The number of aliphatic carboxylic acids is 1. The summed E-state index contributed by atoms with van der Waals surface area (Å²) in [6, 6.07) is 3.09. The minimum atomic E-state index is -3.87. The Morgan fingerprint density at radius 3 is 2.55 bits per heavy atom. The molecule has 0 bridgehead atoms. The number of sulfonamides is 1. The van der Waals surface area contributed by atoms with Crippen molar-refractivity contribution in [2.75, 3.05) is 16.8 Å². The molecule has 214 valence electrons. The molecule has 2 aliphatic heterocycles. The molecular formula is C20H24N10O7S3. The van der Waals surface area contributed by atoms with Gasteiger partial charge in [0.1, 0.15) is 23.2 Å². The van der Waals surface area contributed by atoms with E-state index in [1.54, 1.807) is 0 Å². The van der Waals surface area contributed by atoms with Crippen LogP contribution in [0.3, 0.4) is 0 Å². The van der Waals surface area contributed by atoms with Gasteiger partial charge >= 0.3 is 12.0 Å². The number of urea groups is 1. The number of fused-ring (bicyclic) bond motifs is 1. The van der Waals surface area contributed by atoms with E-state index in [0.29, 0.717) is 16.8 Å². The van der Waals surface area contributed by atoms with E-state index in [1.165, 1.54) is 36.0 Å². The van der Waals surface area contributed by atoms with Crippen molar-refractivity contribution in [2.24, 2.45) is 16.6 Å². The summed E-state index contributed by atoms with van der Waals surface area (Å²) in [6.07, 6.45) is -0.0632. The minimum Gasteiger partial charge on any atom is -0.477 e. The van der Waals surface area contributed by atoms with Gasteiger partial charge in [-0.3, -0.25) is 14.5 Å². The number of H-pyrrole nitrogens is 1. The van der Waals surface area contributed by atoms with Gasteiger partial charge in [0.2, 0.25) is 21.1 Å². The Morgan fingerprint density at radius 1 is 1.27 bits per heavy atom. The number of hydrogen-bond acceptors (Lipinski definition) is 12. The SMILES string of the molecule is NC(=O)Nc1ccc(C(N)C(=O)NC2C(=O)N3C(C(=O)O)=C(C(CCS(N)(=O)=O)Sc4nnn[nH]4)CS[C@@H]23)cc1. The van der Waals surface area contributed by atoms with E-state index in [0.717, 1.165) is 16.7 Å². The second-order valence-corrected chi connectivity index (χ2v) is 12.7. The van der Waals surface area contributed by atoms with Crippen molar-refractivity contribution in [2.45, 2.75) is 34.3 Å². The average molecular weight is 613 g/mol. The van der Waals surface area contributed by atoms with E-state index >= 15 is 0 Å². The number of anilines is 1. The predicted molar refractivity (Wildman–Crippen MR) is 143 cm³/mol. The van der Waals surface area contributed by atoms with Crippen molar-refractivity contribution in [3.8, 4) is 0 Å². The fraction of sp³-hybridized carbons (Fsp3) is 0.350. The number of nitrogens with two attached hydrogens (primary N) is 3. The van der Waals surface area contributed by atoms with Gasteiger partial charge in [0.25, 0.3) is 5.91 Å². The molecule has 4 amide bonds. The molecule has 1 saturated heterocycles. The van der Waals surface area contributed by atoms with Crippen LogP contribution in [-0.2, 0) is 24.4 Å². The molecule has 20 heteroatoms. The van der Waals surface area contributed by atoms with Gasteiger partial charge in [-0.15, -0.1) is 16.9 Å². The molecule has 0 aliphatic carbocycles. The summed E-state index contributed by atoms with van der Waals surface area (Å²) < 4.78 is 23.2. The average Bonchev–Trinajstić information content (AvgIpc) is 3.41.